The van der Waals surface area contributed by atoms with E-state index in [1.807, 2.05) is 24.3 Å². The molecule has 0 N–H and O–H groups in total. The van der Waals surface area contributed by atoms with Gasteiger partial charge in [0.1, 0.15) is 0 Å². The highest BCUT2D eigenvalue weighted by Gasteiger charge is 2.86. The molecule has 0 saturated carbocycles. The molecule has 0 saturated heterocycles. The molecule has 6 aromatic rings. The summed E-state index contributed by atoms with van der Waals surface area (Å²) in [7, 11) is -8.79. The van der Waals surface area contributed by atoms with Gasteiger partial charge >= 0.3 is 33.4 Å². The first kappa shape index (κ1) is 35.2. The minimum atomic E-state index is -7.46. The lowest BCUT2D eigenvalue weighted by molar-refractivity contribution is -0.382. The van der Waals surface area contributed by atoms with Crippen molar-refractivity contribution in [2.75, 3.05) is 0 Å². The molecule has 258 valence electrons. The predicted octanol–water partition coefficient (Wildman–Crippen LogP) is 9.55. The summed E-state index contributed by atoms with van der Waals surface area (Å²) in [6.07, 6.45) is -7.23. The smallest absolute Gasteiger partial charge is 0.377 e. The molecule has 0 atom stereocenters. The van der Waals surface area contributed by atoms with E-state index in [-0.39, 0.29) is 16.5 Å². The second-order valence-electron chi connectivity index (χ2n) is 11.0. The maximum atomic E-state index is 15.0. The van der Waals surface area contributed by atoms with Crippen molar-refractivity contribution < 1.29 is 52.1 Å². The topological polar surface area (TPSA) is 43.4 Å². The molecular formula is C36H22F9O3PS. The lowest BCUT2D eigenvalue weighted by Crippen LogP contribution is -2.63. The van der Waals surface area contributed by atoms with Gasteiger partial charge in [0.25, 0.3) is 0 Å². The normalized spacial score (nSPS) is 13.2. The zero-order valence-corrected chi connectivity index (χ0v) is 26.9. The average Bonchev–Trinajstić information content (AvgIpc) is 3.08. The first-order chi connectivity index (χ1) is 23.5. The van der Waals surface area contributed by atoms with E-state index in [0.29, 0.717) is 21.5 Å². The molecule has 6 aromatic carbocycles. The van der Waals surface area contributed by atoms with E-state index < -0.39 is 47.1 Å². The van der Waals surface area contributed by atoms with Gasteiger partial charge in [-0.3, -0.25) is 0 Å². The van der Waals surface area contributed by atoms with E-state index in [0.717, 1.165) is 16.7 Å². The Kier molecular flexibility index (Phi) is 8.89. The summed E-state index contributed by atoms with van der Waals surface area (Å²) in [5, 5.41) is -3.27. The number of benzene rings is 6. The van der Waals surface area contributed by atoms with Gasteiger partial charge in [0.15, 0.2) is 5.75 Å². The van der Waals surface area contributed by atoms with Crippen LogP contribution in [-0.2, 0) is 10.1 Å². The maximum Gasteiger partial charge on any atom is 0.460 e. The van der Waals surface area contributed by atoms with Crippen LogP contribution in [0.2, 0.25) is 0 Å². The van der Waals surface area contributed by atoms with Crippen LogP contribution < -0.4 is 20.1 Å². The molecule has 0 aliphatic heterocycles. The fourth-order valence-electron chi connectivity index (χ4n) is 5.56. The van der Waals surface area contributed by atoms with Crippen LogP contribution in [0.5, 0.6) is 5.75 Å². The Morgan fingerprint density at radius 1 is 0.480 bits per heavy atom. The highest BCUT2D eigenvalue weighted by Crippen LogP contribution is 2.55. The number of fused-ring (bicyclic) bond motifs is 2. The SMILES string of the molecule is O=S(=O)(Oc1ccc2ccccc2c1-c1c(P(c2ccccc2)c2ccccc2)ccc2ccccc12)C(F)(F)C(F)(F)C(F)(F)C(F)(F)F. The number of alkyl halides is 9. The van der Waals surface area contributed by atoms with Gasteiger partial charge in [-0.15, -0.1) is 0 Å². The Morgan fingerprint density at radius 2 is 0.920 bits per heavy atom. The summed E-state index contributed by atoms with van der Waals surface area (Å²) in [5.41, 5.74) is 0.0409. The van der Waals surface area contributed by atoms with E-state index in [9.17, 15) is 39.2 Å². The molecule has 0 aliphatic carbocycles. The number of hydrogen-bond donors (Lipinski definition) is 0. The van der Waals surface area contributed by atoms with Crippen molar-refractivity contribution in [1.29, 1.82) is 0 Å². The monoisotopic (exact) mass is 736 g/mol. The van der Waals surface area contributed by atoms with Crippen molar-refractivity contribution in [1.82, 2.24) is 0 Å². The molecule has 3 nitrogen and oxygen atoms in total. The fraction of sp³-hybridized carbons (Fsp3) is 0.111. The van der Waals surface area contributed by atoms with Gasteiger partial charge in [-0.2, -0.15) is 47.9 Å². The first-order valence-electron chi connectivity index (χ1n) is 14.6. The van der Waals surface area contributed by atoms with Gasteiger partial charge in [0, 0.05) is 11.1 Å². The van der Waals surface area contributed by atoms with E-state index in [1.165, 1.54) is 18.2 Å². The molecule has 6 rings (SSSR count). The van der Waals surface area contributed by atoms with Crippen LogP contribution in [0.3, 0.4) is 0 Å². The number of hydrogen-bond acceptors (Lipinski definition) is 3. The molecule has 0 unspecified atom stereocenters. The van der Waals surface area contributed by atoms with Gasteiger partial charge in [-0.1, -0.05) is 127 Å². The summed E-state index contributed by atoms with van der Waals surface area (Å²) in [6, 6.07) is 36.7. The van der Waals surface area contributed by atoms with Crippen LogP contribution in [0, 0.1) is 0 Å². The van der Waals surface area contributed by atoms with E-state index >= 15 is 8.78 Å². The Hall–Kier alpha value is -4.61. The molecule has 0 heterocycles. The fourth-order valence-corrected chi connectivity index (χ4v) is 8.95. The number of rotatable bonds is 9. The Morgan fingerprint density at radius 3 is 1.42 bits per heavy atom. The van der Waals surface area contributed by atoms with Gasteiger partial charge in [-0.25, -0.2) is 0 Å². The molecule has 0 radical (unpaired) electrons. The Balaban J connectivity index is 1.67. The Labute approximate surface area is 280 Å². The Bertz CT molecular complexity index is 2260. The molecule has 0 spiro atoms. The zero-order valence-electron chi connectivity index (χ0n) is 25.2. The highest BCUT2D eigenvalue weighted by atomic mass is 32.2. The molecule has 0 amide bonds. The molecule has 0 aliphatic rings. The van der Waals surface area contributed by atoms with Crippen molar-refractivity contribution in [3.63, 3.8) is 0 Å². The minimum absolute atomic E-state index is 0.185. The van der Waals surface area contributed by atoms with Crippen molar-refractivity contribution in [3.8, 4) is 16.9 Å². The van der Waals surface area contributed by atoms with Crippen molar-refractivity contribution in [2.24, 2.45) is 0 Å². The van der Waals surface area contributed by atoms with Crippen LogP contribution in [0.4, 0.5) is 39.5 Å². The van der Waals surface area contributed by atoms with Crippen LogP contribution >= 0.6 is 7.92 Å². The summed E-state index contributed by atoms with van der Waals surface area (Å²) in [5.74, 6) is -15.9. The van der Waals surface area contributed by atoms with Gasteiger partial charge in [0.05, 0.1) is 0 Å². The standard InChI is InChI=1S/C36H22F9O3PS/c37-33(38,35(41,42)43)34(39,40)36(44,45)50(46,47)48-29-21-19-23-11-7-9-17-27(23)31(29)32-28-18-10-8-12-24(28)20-22-30(32)49(25-13-3-1-4-14-25)26-15-5-2-6-16-26/h1-22H. The zero-order chi connectivity index (χ0) is 36.1. The second-order valence-corrected chi connectivity index (χ2v) is 14.8. The summed E-state index contributed by atoms with van der Waals surface area (Å²) in [6.45, 7) is 0. The van der Waals surface area contributed by atoms with Gasteiger partial charge in [0.2, 0.25) is 0 Å². The quantitative estimate of drug-likeness (QED) is 0.0844. The molecule has 0 aromatic heterocycles. The second kappa shape index (κ2) is 12.6. The summed E-state index contributed by atoms with van der Waals surface area (Å²) in [4.78, 5) is 0. The van der Waals surface area contributed by atoms with Crippen LogP contribution in [0.15, 0.2) is 133 Å². The number of halogens is 9. The third kappa shape index (κ3) is 5.76. The molecule has 50 heavy (non-hydrogen) atoms. The van der Waals surface area contributed by atoms with Crippen molar-refractivity contribution in [2.45, 2.75) is 23.3 Å². The molecule has 0 fully saturated rings. The molecular weight excluding hydrogens is 714 g/mol. The van der Waals surface area contributed by atoms with Crippen molar-refractivity contribution >= 4 is 55.5 Å². The predicted molar refractivity (Wildman–Crippen MR) is 176 cm³/mol. The summed E-state index contributed by atoms with van der Waals surface area (Å²) < 4.78 is 156. The molecule has 14 heteroatoms. The third-order valence-electron chi connectivity index (χ3n) is 7.95. The first-order valence-corrected chi connectivity index (χ1v) is 17.3. The van der Waals surface area contributed by atoms with Crippen LogP contribution in [-0.4, -0.2) is 31.7 Å². The van der Waals surface area contributed by atoms with Crippen LogP contribution in [0.1, 0.15) is 0 Å². The third-order valence-corrected chi connectivity index (χ3v) is 11.7. The molecule has 0 bridgehead atoms. The summed E-state index contributed by atoms with van der Waals surface area (Å²) >= 11 is 0. The lowest BCUT2D eigenvalue weighted by atomic mass is 9.93. The van der Waals surface area contributed by atoms with Crippen LogP contribution in [0.25, 0.3) is 32.7 Å². The van der Waals surface area contributed by atoms with E-state index in [1.54, 1.807) is 84.9 Å². The van der Waals surface area contributed by atoms with E-state index in [4.69, 9.17) is 0 Å². The van der Waals surface area contributed by atoms with E-state index in [2.05, 4.69) is 4.18 Å². The van der Waals surface area contributed by atoms with Gasteiger partial charge in [-0.05, 0) is 51.4 Å². The maximum absolute atomic E-state index is 15.0. The van der Waals surface area contributed by atoms with Gasteiger partial charge < -0.3 is 4.18 Å². The average molecular weight is 737 g/mol. The minimum Gasteiger partial charge on any atom is -0.377 e. The van der Waals surface area contributed by atoms with Crippen molar-refractivity contribution in [3.05, 3.63) is 133 Å². The highest BCUT2D eigenvalue weighted by molar-refractivity contribution is 7.88. The largest absolute Gasteiger partial charge is 0.460 e. The lowest BCUT2D eigenvalue weighted by Gasteiger charge is -2.32.